The van der Waals surface area contributed by atoms with Crippen LogP contribution in [0.25, 0.3) is 11.4 Å². The Morgan fingerprint density at radius 3 is 2.48 bits per heavy atom. The van der Waals surface area contributed by atoms with Crippen LogP contribution >= 0.6 is 0 Å². The Morgan fingerprint density at radius 2 is 1.83 bits per heavy atom. The maximum atomic E-state index is 12.9. The fraction of sp³-hybridized carbons (Fsp3) is 0.0667. The smallest absolute Gasteiger partial charge is 0.274 e. The first-order valence-electron chi connectivity index (χ1n) is 6.73. The second-order valence-electron chi connectivity index (χ2n) is 4.79. The van der Waals surface area contributed by atoms with Gasteiger partial charge in [-0.3, -0.25) is 10.0 Å². The van der Waals surface area contributed by atoms with Gasteiger partial charge >= 0.3 is 0 Å². The number of halogens is 1. The average Bonchev–Trinajstić information content (AvgIpc) is 3.04. The van der Waals surface area contributed by atoms with E-state index in [2.05, 4.69) is 15.4 Å². The zero-order chi connectivity index (χ0) is 16.2. The average molecular weight is 313 g/mol. The quantitative estimate of drug-likeness (QED) is 0.564. The summed E-state index contributed by atoms with van der Waals surface area (Å²) in [7, 11) is 0. The van der Waals surface area contributed by atoms with Gasteiger partial charge in [0.15, 0.2) is 0 Å². The molecule has 0 aliphatic rings. The summed E-state index contributed by atoms with van der Waals surface area (Å²) in [4.78, 5) is 12.6. The van der Waals surface area contributed by atoms with Crippen molar-refractivity contribution in [2.45, 2.75) is 6.54 Å². The lowest BCUT2D eigenvalue weighted by atomic mass is 10.1. The summed E-state index contributed by atoms with van der Waals surface area (Å²) in [5, 5.41) is 20.7. The van der Waals surface area contributed by atoms with E-state index in [4.69, 9.17) is 5.21 Å². The number of aromatic nitrogens is 4. The maximum absolute atomic E-state index is 12.9. The third kappa shape index (κ3) is 3.38. The third-order valence-electron chi connectivity index (χ3n) is 3.20. The largest absolute Gasteiger partial charge is 0.288 e. The summed E-state index contributed by atoms with van der Waals surface area (Å²) >= 11 is 0. The number of nitrogens with zero attached hydrogens (tertiary/aromatic N) is 4. The molecule has 0 spiro atoms. The Labute approximate surface area is 130 Å². The van der Waals surface area contributed by atoms with Gasteiger partial charge in [0, 0.05) is 11.1 Å². The molecule has 8 heteroatoms. The Kier molecular flexibility index (Phi) is 4.07. The SMILES string of the molecule is O=C(NO)c1ccc(Cn2nnc(-c3ccc(F)cc3)n2)cc1. The van der Waals surface area contributed by atoms with Crippen molar-refractivity contribution in [3.05, 3.63) is 65.5 Å². The van der Waals surface area contributed by atoms with Gasteiger partial charge in [-0.2, -0.15) is 4.80 Å². The van der Waals surface area contributed by atoms with E-state index in [9.17, 15) is 9.18 Å². The monoisotopic (exact) mass is 313 g/mol. The van der Waals surface area contributed by atoms with Crippen molar-refractivity contribution >= 4 is 5.91 Å². The van der Waals surface area contributed by atoms with Gasteiger partial charge in [-0.1, -0.05) is 12.1 Å². The van der Waals surface area contributed by atoms with Crippen molar-refractivity contribution in [3.63, 3.8) is 0 Å². The number of hydroxylamine groups is 1. The van der Waals surface area contributed by atoms with Gasteiger partial charge < -0.3 is 0 Å². The van der Waals surface area contributed by atoms with Gasteiger partial charge in [-0.15, -0.1) is 10.2 Å². The molecule has 3 rings (SSSR count). The Hall–Kier alpha value is -3.13. The number of benzene rings is 2. The lowest BCUT2D eigenvalue weighted by molar-refractivity contribution is 0.0706. The van der Waals surface area contributed by atoms with Crippen molar-refractivity contribution in [1.82, 2.24) is 25.7 Å². The molecule has 0 saturated heterocycles. The van der Waals surface area contributed by atoms with Gasteiger partial charge in [0.05, 0.1) is 6.54 Å². The number of hydrogen-bond acceptors (Lipinski definition) is 5. The second kappa shape index (κ2) is 6.32. The zero-order valence-electron chi connectivity index (χ0n) is 11.8. The minimum atomic E-state index is -0.575. The molecule has 2 N–H and O–H groups in total. The van der Waals surface area contributed by atoms with E-state index in [1.54, 1.807) is 41.9 Å². The highest BCUT2D eigenvalue weighted by Gasteiger charge is 2.08. The molecule has 0 bridgehead atoms. The van der Waals surface area contributed by atoms with Crippen molar-refractivity contribution < 1.29 is 14.4 Å². The molecular weight excluding hydrogens is 301 g/mol. The molecule has 0 aliphatic carbocycles. The van der Waals surface area contributed by atoms with E-state index in [0.717, 1.165) is 5.56 Å². The molecule has 0 atom stereocenters. The molecule has 0 saturated carbocycles. The highest BCUT2D eigenvalue weighted by molar-refractivity contribution is 5.93. The van der Waals surface area contributed by atoms with E-state index in [1.807, 2.05) is 0 Å². The van der Waals surface area contributed by atoms with E-state index in [0.29, 0.717) is 23.5 Å². The molecule has 0 fully saturated rings. The van der Waals surface area contributed by atoms with E-state index in [-0.39, 0.29) is 5.82 Å². The number of tetrazole rings is 1. The molecule has 1 aromatic heterocycles. The van der Waals surface area contributed by atoms with Crippen LogP contribution < -0.4 is 5.48 Å². The Balaban J connectivity index is 1.74. The third-order valence-corrected chi connectivity index (χ3v) is 3.20. The number of nitrogens with one attached hydrogen (secondary N) is 1. The minimum absolute atomic E-state index is 0.326. The lowest BCUT2D eigenvalue weighted by Gasteiger charge is -2.02. The van der Waals surface area contributed by atoms with Gasteiger partial charge in [0.25, 0.3) is 5.91 Å². The van der Waals surface area contributed by atoms with E-state index in [1.165, 1.54) is 16.9 Å². The van der Waals surface area contributed by atoms with Crippen molar-refractivity contribution in [1.29, 1.82) is 0 Å². The van der Waals surface area contributed by atoms with Crippen molar-refractivity contribution in [3.8, 4) is 11.4 Å². The Morgan fingerprint density at radius 1 is 1.13 bits per heavy atom. The fourth-order valence-electron chi connectivity index (χ4n) is 2.01. The summed E-state index contributed by atoms with van der Waals surface area (Å²) < 4.78 is 12.9. The van der Waals surface area contributed by atoms with Crippen LogP contribution in [0, 0.1) is 5.82 Å². The first-order valence-corrected chi connectivity index (χ1v) is 6.73. The second-order valence-corrected chi connectivity index (χ2v) is 4.79. The van der Waals surface area contributed by atoms with Gasteiger partial charge in [-0.05, 0) is 47.2 Å². The molecule has 1 heterocycles. The highest BCUT2D eigenvalue weighted by Crippen LogP contribution is 2.14. The molecule has 1 amide bonds. The highest BCUT2D eigenvalue weighted by atomic mass is 19.1. The number of carbonyl (C=O) groups excluding carboxylic acids is 1. The molecule has 0 unspecified atom stereocenters. The number of hydrogen-bond donors (Lipinski definition) is 2. The van der Waals surface area contributed by atoms with Crippen LogP contribution in [-0.2, 0) is 6.54 Å². The van der Waals surface area contributed by atoms with Crippen LogP contribution in [0.5, 0.6) is 0 Å². The predicted octanol–water partition coefficient (Wildman–Crippen LogP) is 1.65. The standard InChI is InChI=1S/C15H12FN5O2/c16-13-7-5-11(6-8-13)14-17-20-21(18-14)9-10-1-3-12(4-2-10)15(22)19-23/h1-8,23H,9H2,(H,19,22). The summed E-state index contributed by atoms with van der Waals surface area (Å²) in [6, 6.07) is 12.5. The van der Waals surface area contributed by atoms with E-state index < -0.39 is 5.91 Å². The maximum Gasteiger partial charge on any atom is 0.274 e. The normalized spacial score (nSPS) is 10.5. The Bertz CT molecular complexity index is 815. The van der Waals surface area contributed by atoms with Gasteiger partial charge in [-0.25, -0.2) is 9.87 Å². The van der Waals surface area contributed by atoms with Crippen molar-refractivity contribution in [2.75, 3.05) is 0 Å². The number of rotatable bonds is 4. The summed E-state index contributed by atoms with van der Waals surface area (Å²) in [5.74, 6) is -0.497. The molecule has 3 aromatic rings. The number of amides is 1. The molecule has 0 aliphatic heterocycles. The van der Waals surface area contributed by atoms with Crippen LogP contribution in [0.15, 0.2) is 48.5 Å². The lowest BCUT2D eigenvalue weighted by Crippen LogP contribution is -2.18. The van der Waals surface area contributed by atoms with Crippen LogP contribution in [-0.4, -0.2) is 31.3 Å². The molecular formula is C15H12FN5O2. The molecule has 0 radical (unpaired) electrons. The first kappa shape index (κ1) is 14.8. The van der Waals surface area contributed by atoms with Crippen molar-refractivity contribution in [2.24, 2.45) is 0 Å². The molecule has 7 nitrogen and oxygen atoms in total. The minimum Gasteiger partial charge on any atom is -0.288 e. The summed E-state index contributed by atoms with van der Waals surface area (Å²) in [6.07, 6.45) is 0. The molecule has 2 aromatic carbocycles. The first-order chi connectivity index (χ1) is 11.2. The molecule has 23 heavy (non-hydrogen) atoms. The van der Waals surface area contributed by atoms with Crippen LogP contribution in [0.2, 0.25) is 0 Å². The van der Waals surface area contributed by atoms with Crippen LogP contribution in [0.1, 0.15) is 15.9 Å². The topological polar surface area (TPSA) is 92.9 Å². The molecule has 116 valence electrons. The summed E-state index contributed by atoms with van der Waals surface area (Å²) in [6.45, 7) is 0.370. The zero-order valence-corrected chi connectivity index (χ0v) is 11.8. The predicted molar refractivity (Wildman–Crippen MR) is 78.0 cm³/mol. The summed E-state index contributed by atoms with van der Waals surface area (Å²) in [5.41, 5.74) is 3.45. The van der Waals surface area contributed by atoms with Gasteiger partial charge in [0.2, 0.25) is 5.82 Å². The fourth-order valence-corrected chi connectivity index (χ4v) is 2.01. The van der Waals surface area contributed by atoms with Gasteiger partial charge in [0.1, 0.15) is 5.82 Å². The van der Waals surface area contributed by atoms with Crippen LogP contribution in [0.3, 0.4) is 0 Å². The van der Waals surface area contributed by atoms with Crippen LogP contribution in [0.4, 0.5) is 4.39 Å². The number of carbonyl (C=O) groups is 1. The van der Waals surface area contributed by atoms with E-state index >= 15 is 0 Å².